The minimum atomic E-state index is -0.535. The second-order valence-corrected chi connectivity index (χ2v) is 7.72. The van der Waals surface area contributed by atoms with Crippen molar-refractivity contribution in [3.05, 3.63) is 33.3 Å². The summed E-state index contributed by atoms with van der Waals surface area (Å²) in [6.45, 7) is 8.94. The fraction of sp³-hybridized carbons (Fsp3) is 0.625. The highest BCUT2D eigenvalue weighted by molar-refractivity contribution is 9.10. The molecule has 21 heavy (non-hydrogen) atoms. The van der Waals surface area contributed by atoms with Crippen LogP contribution in [0.5, 0.6) is 0 Å². The SMILES string of the molecule is CC1CN(CCC(O)c2ccc(Br)cc2Cl)CC(C)(C)O1. The predicted molar refractivity (Wildman–Crippen MR) is 89.8 cm³/mol. The van der Waals surface area contributed by atoms with Gasteiger partial charge in [0.1, 0.15) is 0 Å². The third-order valence-electron chi connectivity index (χ3n) is 3.68. The van der Waals surface area contributed by atoms with Crippen LogP contribution in [0.15, 0.2) is 22.7 Å². The first-order valence-electron chi connectivity index (χ1n) is 7.30. The summed E-state index contributed by atoms with van der Waals surface area (Å²) >= 11 is 9.57. The Morgan fingerprint density at radius 1 is 1.52 bits per heavy atom. The summed E-state index contributed by atoms with van der Waals surface area (Å²) in [5.74, 6) is 0. The molecular formula is C16H23BrClNO2. The Balaban J connectivity index is 1.93. The van der Waals surface area contributed by atoms with Crippen LogP contribution in [0.4, 0.5) is 0 Å². The average Bonchev–Trinajstić information content (AvgIpc) is 2.33. The molecule has 118 valence electrons. The quantitative estimate of drug-likeness (QED) is 0.861. The highest BCUT2D eigenvalue weighted by Crippen LogP contribution is 2.29. The van der Waals surface area contributed by atoms with Gasteiger partial charge >= 0.3 is 0 Å². The van der Waals surface area contributed by atoms with Crippen molar-refractivity contribution >= 4 is 27.5 Å². The largest absolute Gasteiger partial charge is 0.388 e. The molecule has 0 bridgehead atoms. The highest BCUT2D eigenvalue weighted by Gasteiger charge is 2.31. The molecule has 5 heteroatoms. The van der Waals surface area contributed by atoms with Crippen molar-refractivity contribution in [1.82, 2.24) is 4.90 Å². The van der Waals surface area contributed by atoms with Gasteiger partial charge < -0.3 is 9.84 Å². The first-order valence-corrected chi connectivity index (χ1v) is 8.47. The van der Waals surface area contributed by atoms with E-state index in [1.54, 1.807) is 0 Å². The molecule has 0 aliphatic carbocycles. The van der Waals surface area contributed by atoms with Gasteiger partial charge in [0.05, 0.1) is 17.8 Å². The summed E-state index contributed by atoms with van der Waals surface area (Å²) in [6, 6.07) is 5.60. The molecule has 1 N–H and O–H groups in total. The van der Waals surface area contributed by atoms with E-state index in [2.05, 4.69) is 41.6 Å². The average molecular weight is 377 g/mol. The summed E-state index contributed by atoms with van der Waals surface area (Å²) in [5.41, 5.74) is 0.665. The number of hydrogen-bond acceptors (Lipinski definition) is 3. The van der Waals surface area contributed by atoms with E-state index >= 15 is 0 Å². The van der Waals surface area contributed by atoms with Crippen LogP contribution >= 0.6 is 27.5 Å². The van der Waals surface area contributed by atoms with Gasteiger partial charge in [-0.3, -0.25) is 4.90 Å². The van der Waals surface area contributed by atoms with Crippen molar-refractivity contribution < 1.29 is 9.84 Å². The van der Waals surface area contributed by atoms with Gasteiger partial charge in [0, 0.05) is 29.1 Å². The number of aliphatic hydroxyl groups is 1. The predicted octanol–water partition coefficient (Wildman–Crippen LogP) is 4.03. The minimum Gasteiger partial charge on any atom is -0.388 e. The molecule has 0 spiro atoms. The van der Waals surface area contributed by atoms with Gasteiger partial charge in [-0.1, -0.05) is 33.6 Å². The number of hydrogen-bond donors (Lipinski definition) is 1. The van der Waals surface area contributed by atoms with Crippen LogP contribution in [-0.4, -0.2) is 41.3 Å². The van der Waals surface area contributed by atoms with E-state index in [1.807, 2.05) is 18.2 Å². The normalized spacial score (nSPS) is 24.0. The van der Waals surface area contributed by atoms with Gasteiger partial charge in [-0.2, -0.15) is 0 Å². The third kappa shape index (κ3) is 4.93. The van der Waals surface area contributed by atoms with Crippen molar-refractivity contribution in [3.8, 4) is 0 Å². The van der Waals surface area contributed by atoms with Gasteiger partial charge in [-0.25, -0.2) is 0 Å². The van der Waals surface area contributed by atoms with Gasteiger partial charge in [-0.15, -0.1) is 0 Å². The molecule has 1 saturated heterocycles. The molecule has 1 aromatic carbocycles. The number of nitrogens with zero attached hydrogens (tertiary/aromatic N) is 1. The zero-order valence-electron chi connectivity index (χ0n) is 12.8. The minimum absolute atomic E-state index is 0.127. The van der Waals surface area contributed by atoms with Gasteiger partial charge in [0.2, 0.25) is 0 Å². The van der Waals surface area contributed by atoms with E-state index in [9.17, 15) is 5.11 Å². The van der Waals surface area contributed by atoms with E-state index in [0.717, 1.165) is 29.7 Å². The lowest BCUT2D eigenvalue weighted by Crippen LogP contribution is -2.52. The van der Waals surface area contributed by atoms with E-state index in [4.69, 9.17) is 16.3 Å². The van der Waals surface area contributed by atoms with Crippen LogP contribution < -0.4 is 0 Å². The highest BCUT2D eigenvalue weighted by atomic mass is 79.9. The smallest absolute Gasteiger partial charge is 0.0816 e. The van der Waals surface area contributed by atoms with Gasteiger partial charge in [-0.05, 0) is 44.9 Å². The number of benzene rings is 1. The Morgan fingerprint density at radius 2 is 2.24 bits per heavy atom. The van der Waals surface area contributed by atoms with Crippen molar-refractivity contribution in [3.63, 3.8) is 0 Å². The molecule has 3 nitrogen and oxygen atoms in total. The van der Waals surface area contributed by atoms with Crippen LogP contribution in [0.1, 0.15) is 38.9 Å². The first kappa shape index (κ1) is 17.2. The molecule has 0 saturated carbocycles. The molecule has 1 fully saturated rings. The number of morpholine rings is 1. The van der Waals surface area contributed by atoms with Crippen molar-refractivity contribution in [1.29, 1.82) is 0 Å². The van der Waals surface area contributed by atoms with Crippen LogP contribution in [0.2, 0.25) is 5.02 Å². The third-order valence-corrected chi connectivity index (χ3v) is 4.50. The van der Waals surface area contributed by atoms with Crippen LogP contribution in [0, 0.1) is 0 Å². The second-order valence-electron chi connectivity index (χ2n) is 6.39. The number of aliphatic hydroxyl groups excluding tert-OH is 1. The van der Waals surface area contributed by atoms with E-state index in [0.29, 0.717) is 11.4 Å². The Kier molecular flexibility index (Phi) is 5.71. The van der Waals surface area contributed by atoms with E-state index in [-0.39, 0.29) is 11.7 Å². The Bertz CT molecular complexity index is 495. The lowest BCUT2D eigenvalue weighted by molar-refractivity contribution is -0.130. The molecule has 0 radical (unpaired) electrons. The monoisotopic (exact) mass is 375 g/mol. The first-order chi connectivity index (χ1) is 9.77. The second kappa shape index (κ2) is 6.97. The maximum Gasteiger partial charge on any atom is 0.0816 e. The molecule has 1 aromatic rings. The van der Waals surface area contributed by atoms with Gasteiger partial charge in [0.15, 0.2) is 0 Å². The summed E-state index contributed by atoms with van der Waals surface area (Å²) in [7, 11) is 0. The van der Waals surface area contributed by atoms with Gasteiger partial charge in [0.25, 0.3) is 0 Å². The summed E-state index contributed by atoms with van der Waals surface area (Å²) in [6.07, 6.45) is 0.360. The molecule has 1 aliphatic rings. The number of rotatable bonds is 4. The molecule has 1 heterocycles. The Hall–Kier alpha value is -0.130. The van der Waals surface area contributed by atoms with Crippen LogP contribution in [0.25, 0.3) is 0 Å². The number of ether oxygens (including phenoxy) is 1. The molecule has 1 aliphatic heterocycles. The lowest BCUT2D eigenvalue weighted by Gasteiger charge is -2.42. The molecule has 0 amide bonds. The fourth-order valence-corrected chi connectivity index (χ4v) is 3.79. The molecule has 2 atom stereocenters. The fourth-order valence-electron chi connectivity index (χ4n) is 2.99. The van der Waals surface area contributed by atoms with Crippen LogP contribution in [0.3, 0.4) is 0 Å². The van der Waals surface area contributed by atoms with E-state index < -0.39 is 6.10 Å². The van der Waals surface area contributed by atoms with Crippen molar-refractivity contribution in [2.45, 2.75) is 45.0 Å². The summed E-state index contributed by atoms with van der Waals surface area (Å²) < 4.78 is 6.82. The maximum atomic E-state index is 10.4. The Morgan fingerprint density at radius 3 is 2.86 bits per heavy atom. The maximum absolute atomic E-state index is 10.4. The topological polar surface area (TPSA) is 32.7 Å². The van der Waals surface area contributed by atoms with Crippen LogP contribution in [-0.2, 0) is 4.74 Å². The van der Waals surface area contributed by atoms with Crippen molar-refractivity contribution in [2.75, 3.05) is 19.6 Å². The standard InChI is InChI=1S/C16H23BrClNO2/c1-11-9-19(10-16(2,3)21-11)7-6-15(20)13-5-4-12(17)8-14(13)18/h4-5,8,11,15,20H,6-7,9-10H2,1-3H3. The van der Waals surface area contributed by atoms with E-state index in [1.165, 1.54) is 0 Å². The zero-order chi connectivity index (χ0) is 15.6. The summed E-state index contributed by atoms with van der Waals surface area (Å²) in [5, 5.41) is 11.0. The summed E-state index contributed by atoms with van der Waals surface area (Å²) in [4.78, 5) is 2.35. The molecule has 2 rings (SSSR count). The Labute approximate surface area is 140 Å². The zero-order valence-corrected chi connectivity index (χ0v) is 15.1. The molecule has 0 aromatic heterocycles. The van der Waals surface area contributed by atoms with Crippen molar-refractivity contribution in [2.24, 2.45) is 0 Å². The molecule has 2 unspecified atom stereocenters. The lowest BCUT2D eigenvalue weighted by atomic mass is 10.0. The molecular weight excluding hydrogens is 354 g/mol. The number of halogens is 2.